The van der Waals surface area contributed by atoms with Crippen molar-refractivity contribution in [3.8, 4) is 0 Å². The fraction of sp³-hybridized carbons (Fsp3) is 0.571. The molecule has 0 saturated carbocycles. The molecule has 7 nitrogen and oxygen atoms in total. The fourth-order valence-electron chi connectivity index (χ4n) is 1.81. The Bertz CT molecular complexity index is 603. The number of carbonyl (C=O) groups excluding carboxylic acids is 1. The lowest BCUT2D eigenvalue weighted by Crippen LogP contribution is -2.30. The van der Waals surface area contributed by atoms with Crippen LogP contribution in [0.1, 0.15) is 61.6 Å². The summed E-state index contributed by atoms with van der Waals surface area (Å²) in [5, 5.41) is 11.7. The van der Waals surface area contributed by atoms with Gasteiger partial charge in [-0.15, -0.1) is 10.2 Å². The fourth-order valence-corrected chi connectivity index (χ4v) is 1.81. The standard InChI is InChI=1S/C14H20N4O3/c1-5-12-15-16-13(20-12)8-18(6-2)14(19)10-7-11(9(3)4)21-17-10/h7,9H,5-6,8H2,1-4H3. The Hall–Kier alpha value is -2.18. The van der Waals surface area contributed by atoms with Crippen LogP contribution in [0.5, 0.6) is 0 Å². The van der Waals surface area contributed by atoms with Crippen LogP contribution >= 0.6 is 0 Å². The van der Waals surface area contributed by atoms with Crippen molar-refractivity contribution in [3.05, 3.63) is 29.3 Å². The van der Waals surface area contributed by atoms with Crippen molar-refractivity contribution >= 4 is 5.91 Å². The summed E-state index contributed by atoms with van der Waals surface area (Å²) in [6.07, 6.45) is 0.675. The molecule has 2 rings (SSSR count). The first-order chi connectivity index (χ1) is 10.0. The molecule has 1 amide bonds. The Morgan fingerprint density at radius 2 is 2.00 bits per heavy atom. The van der Waals surface area contributed by atoms with Gasteiger partial charge in [0.25, 0.3) is 5.91 Å². The summed E-state index contributed by atoms with van der Waals surface area (Å²) in [5.74, 6) is 1.67. The maximum absolute atomic E-state index is 12.4. The van der Waals surface area contributed by atoms with E-state index in [0.717, 1.165) is 0 Å². The molecule has 0 saturated heterocycles. The van der Waals surface area contributed by atoms with Crippen LogP contribution < -0.4 is 0 Å². The molecule has 2 aromatic heterocycles. The molecule has 0 fully saturated rings. The average molecular weight is 292 g/mol. The quantitative estimate of drug-likeness (QED) is 0.812. The predicted molar refractivity (Wildman–Crippen MR) is 74.7 cm³/mol. The van der Waals surface area contributed by atoms with E-state index < -0.39 is 0 Å². The first-order valence-corrected chi connectivity index (χ1v) is 7.12. The molecular weight excluding hydrogens is 272 g/mol. The van der Waals surface area contributed by atoms with E-state index in [4.69, 9.17) is 8.94 Å². The molecule has 0 aliphatic heterocycles. The highest BCUT2D eigenvalue weighted by molar-refractivity contribution is 5.92. The van der Waals surface area contributed by atoms with Crippen LogP contribution in [0.4, 0.5) is 0 Å². The van der Waals surface area contributed by atoms with E-state index in [1.807, 2.05) is 27.7 Å². The van der Waals surface area contributed by atoms with E-state index >= 15 is 0 Å². The van der Waals surface area contributed by atoms with Crippen LogP contribution in [-0.2, 0) is 13.0 Å². The molecule has 0 radical (unpaired) electrons. The zero-order valence-electron chi connectivity index (χ0n) is 12.8. The van der Waals surface area contributed by atoms with Crippen LogP contribution in [-0.4, -0.2) is 32.7 Å². The largest absolute Gasteiger partial charge is 0.423 e. The summed E-state index contributed by atoms with van der Waals surface area (Å²) in [7, 11) is 0. The molecule has 0 N–H and O–H groups in total. The molecule has 0 aromatic carbocycles. The van der Waals surface area contributed by atoms with Crippen molar-refractivity contribution in [3.63, 3.8) is 0 Å². The van der Waals surface area contributed by atoms with Gasteiger partial charge in [-0.3, -0.25) is 4.79 Å². The third kappa shape index (κ3) is 3.48. The van der Waals surface area contributed by atoms with Crippen molar-refractivity contribution < 1.29 is 13.7 Å². The minimum atomic E-state index is -0.204. The van der Waals surface area contributed by atoms with Crippen molar-refractivity contribution in [1.29, 1.82) is 0 Å². The van der Waals surface area contributed by atoms with Gasteiger partial charge in [0.15, 0.2) is 5.69 Å². The molecule has 0 unspecified atom stereocenters. The zero-order chi connectivity index (χ0) is 15.4. The van der Waals surface area contributed by atoms with Gasteiger partial charge in [-0.05, 0) is 6.92 Å². The number of carbonyl (C=O) groups is 1. The summed E-state index contributed by atoms with van der Waals surface area (Å²) in [6.45, 7) is 8.58. The molecule has 0 aliphatic carbocycles. The van der Waals surface area contributed by atoms with Crippen molar-refractivity contribution in [2.75, 3.05) is 6.54 Å². The monoisotopic (exact) mass is 292 g/mol. The molecular formula is C14H20N4O3. The summed E-state index contributed by atoms with van der Waals surface area (Å²) in [5.41, 5.74) is 0.302. The lowest BCUT2D eigenvalue weighted by atomic mass is 10.1. The van der Waals surface area contributed by atoms with Crippen LogP contribution in [0.25, 0.3) is 0 Å². The van der Waals surface area contributed by atoms with Gasteiger partial charge in [-0.2, -0.15) is 0 Å². The van der Waals surface area contributed by atoms with E-state index in [9.17, 15) is 4.79 Å². The van der Waals surface area contributed by atoms with Crippen molar-refractivity contribution in [1.82, 2.24) is 20.3 Å². The molecule has 0 bridgehead atoms. The number of aryl methyl sites for hydroxylation is 1. The number of hydrogen-bond acceptors (Lipinski definition) is 6. The highest BCUT2D eigenvalue weighted by atomic mass is 16.5. The van der Waals surface area contributed by atoms with Gasteiger partial charge in [0, 0.05) is 24.9 Å². The highest BCUT2D eigenvalue weighted by Gasteiger charge is 2.21. The minimum absolute atomic E-state index is 0.192. The van der Waals surface area contributed by atoms with Gasteiger partial charge in [-0.1, -0.05) is 25.9 Å². The van der Waals surface area contributed by atoms with Crippen LogP contribution in [0.3, 0.4) is 0 Å². The summed E-state index contributed by atoms with van der Waals surface area (Å²) in [6, 6.07) is 1.68. The van der Waals surface area contributed by atoms with Gasteiger partial charge >= 0.3 is 0 Å². The highest BCUT2D eigenvalue weighted by Crippen LogP contribution is 2.17. The smallest absolute Gasteiger partial charge is 0.276 e. The van der Waals surface area contributed by atoms with E-state index in [1.54, 1.807) is 11.0 Å². The molecule has 2 aromatic rings. The molecule has 114 valence electrons. The molecule has 0 aliphatic rings. The lowest BCUT2D eigenvalue weighted by molar-refractivity contribution is 0.0727. The average Bonchev–Trinajstić information content (AvgIpc) is 3.13. The number of amides is 1. The van der Waals surface area contributed by atoms with Crippen LogP contribution in [0, 0.1) is 0 Å². The van der Waals surface area contributed by atoms with Crippen LogP contribution in [0.15, 0.2) is 15.0 Å². The third-order valence-electron chi connectivity index (χ3n) is 3.12. The summed E-state index contributed by atoms with van der Waals surface area (Å²) >= 11 is 0. The molecule has 21 heavy (non-hydrogen) atoms. The molecule has 0 spiro atoms. The van der Waals surface area contributed by atoms with E-state index in [2.05, 4.69) is 15.4 Å². The minimum Gasteiger partial charge on any atom is -0.423 e. The Kier molecular flexibility index (Phi) is 4.72. The first kappa shape index (κ1) is 15.2. The second kappa shape index (κ2) is 6.51. The van der Waals surface area contributed by atoms with Gasteiger partial charge < -0.3 is 13.8 Å². The number of aromatic nitrogens is 3. The van der Waals surface area contributed by atoms with E-state index in [-0.39, 0.29) is 18.4 Å². The predicted octanol–water partition coefficient (Wildman–Crippen LogP) is 2.41. The Morgan fingerprint density at radius 1 is 1.29 bits per heavy atom. The number of nitrogens with zero attached hydrogens (tertiary/aromatic N) is 4. The summed E-state index contributed by atoms with van der Waals surface area (Å²) in [4.78, 5) is 14.0. The van der Waals surface area contributed by atoms with Gasteiger partial charge in [0.05, 0.1) is 6.54 Å². The Labute approximate surface area is 123 Å². The Morgan fingerprint density at radius 3 is 2.52 bits per heavy atom. The third-order valence-corrected chi connectivity index (χ3v) is 3.12. The molecule has 2 heterocycles. The topological polar surface area (TPSA) is 85.3 Å². The van der Waals surface area contributed by atoms with Gasteiger partial charge in [0.1, 0.15) is 5.76 Å². The maximum Gasteiger partial charge on any atom is 0.276 e. The number of rotatable bonds is 6. The zero-order valence-corrected chi connectivity index (χ0v) is 12.8. The molecule has 7 heteroatoms. The second-order valence-corrected chi connectivity index (χ2v) is 5.03. The SMILES string of the molecule is CCc1nnc(CN(CC)C(=O)c2cc(C(C)C)on2)o1. The van der Waals surface area contributed by atoms with Crippen molar-refractivity contribution in [2.24, 2.45) is 0 Å². The first-order valence-electron chi connectivity index (χ1n) is 7.12. The van der Waals surface area contributed by atoms with E-state index in [0.29, 0.717) is 36.2 Å². The van der Waals surface area contributed by atoms with Gasteiger partial charge in [0.2, 0.25) is 11.8 Å². The van der Waals surface area contributed by atoms with E-state index in [1.165, 1.54) is 0 Å². The van der Waals surface area contributed by atoms with Crippen molar-refractivity contribution in [2.45, 2.75) is 46.6 Å². The Balaban J connectivity index is 2.10. The second-order valence-electron chi connectivity index (χ2n) is 5.03. The number of hydrogen-bond donors (Lipinski definition) is 0. The summed E-state index contributed by atoms with van der Waals surface area (Å²) < 4.78 is 10.6. The normalized spacial score (nSPS) is 11.1. The maximum atomic E-state index is 12.4. The lowest BCUT2D eigenvalue weighted by Gasteiger charge is -2.16. The van der Waals surface area contributed by atoms with Gasteiger partial charge in [-0.25, -0.2) is 0 Å². The molecule has 0 atom stereocenters. The van der Waals surface area contributed by atoms with Crippen LogP contribution in [0.2, 0.25) is 0 Å².